The molecule has 23 heavy (non-hydrogen) atoms. The van der Waals surface area contributed by atoms with Crippen molar-refractivity contribution in [1.82, 2.24) is 4.90 Å². The summed E-state index contributed by atoms with van der Waals surface area (Å²) in [5, 5.41) is 8.70. The molecule has 5 heteroatoms. The maximum atomic E-state index is 12.7. The SMILES string of the molecule is Cc1ccc([C@@H]2OCCC[C@@H]2C(=O)N(C)CCCC(=O)O)cc1. The summed E-state index contributed by atoms with van der Waals surface area (Å²) >= 11 is 0. The molecule has 2 atom stereocenters. The second-order valence-electron chi connectivity index (χ2n) is 6.21. The highest BCUT2D eigenvalue weighted by Crippen LogP contribution is 2.34. The fourth-order valence-corrected chi connectivity index (χ4v) is 2.98. The van der Waals surface area contributed by atoms with Gasteiger partial charge in [0.05, 0.1) is 12.0 Å². The smallest absolute Gasteiger partial charge is 0.303 e. The quantitative estimate of drug-likeness (QED) is 0.875. The first kappa shape index (κ1) is 17.5. The number of carbonyl (C=O) groups excluding carboxylic acids is 1. The molecule has 1 N–H and O–H groups in total. The number of hydrogen-bond donors (Lipinski definition) is 1. The van der Waals surface area contributed by atoms with Crippen LogP contribution in [0.3, 0.4) is 0 Å². The van der Waals surface area contributed by atoms with Gasteiger partial charge in [-0.15, -0.1) is 0 Å². The van der Waals surface area contributed by atoms with Crippen molar-refractivity contribution in [3.05, 3.63) is 35.4 Å². The zero-order valence-electron chi connectivity index (χ0n) is 13.8. The average Bonchev–Trinajstić information content (AvgIpc) is 2.54. The Morgan fingerprint density at radius 3 is 2.65 bits per heavy atom. The van der Waals surface area contributed by atoms with E-state index in [-0.39, 0.29) is 24.3 Å². The van der Waals surface area contributed by atoms with E-state index in [1.807, 2.05) is 31.2 Å². The van der Waals surface area contributed by atoms with Crippen molar-refractivity contribution >= 4 is 11.9 Å². The highest BCUT2D eigenvalue weighted by atomic mass is 16.5. The lowest BCUT2D eigenvalue weighted by atomic mass is 9.88. The lowest BCUT2D eigenvalue weighted by Gasteiger charge is -2.33. The van der Waals surface area contributed by atoms with E-state index in [0.717, 1.165) is 18.4 Å². The van der Waals surface area contributed by atoms with Crippen LogP contribution in [0.2, 0.25) is 0 Å². The minimum absolute atomic E-state index is 0.0423. The number of carbonyl (C=O) groups is 2. The monoisotopic (exact) mass is 319 g/mol. The van der Waals surface area contributed by atoms with Crippen LogP contribution in [0.15, 0.2) is 24.3 Å². The number of nitrogens with zero attached hydrogens (tertiary/aromatic N) is 1. The summed E-state index contributed by atoms with van der Waals surface area (Å²) in [5.74, 6) is -0.980. The van der Waals surface area contributed by atoms with Gasteiger partial charge in [0.15, 0.2) is 0 Å². The number of carboxylic acid groups (broad SMARTS) is 1. The second kappa shape index (κ2) is 8.11. The van der Waals surface area contributed by atoms with Crippen molar-refractivity contribution in [3.63, 3.8) is 0 Å². The molecule has 1 saturated heterocycles. The second-order valence-corrected chi connectivity index (χ2v) is 6.21. The Kier molecular flexibility index (Phi) is 6.16. The molecule has 2 rings (SSSR count). The molecule has 5 nitrogen and oxygen atoms in total. The predicted octanol–water partition coefficient (Wildman–Crippen LogP) is 2.79. The van der Waals surface area contributed by atoms with E-state index >= 15 is 0 Å². The van der Waals surface area contributed by atoms with Crippen molar-refractivity contribution in [3.8, 4) is 0 Å². The predicted molar refractivity (Wildman–Crippen MR) is 87.1 cm³/mol. The van der Waals surface area contributed by atoms with E-state index in [9.17, 15) is 9.59 Å². The van der Waals surface area contributed by atoms with Crippen molar-refractivity contribution in [2.45, 2.75) is 38.7 Å². The molecule has 0 spiro atoms. The van der Waals surface area contributed by atoms with Gasteiger partial charge in [0.2, 0.25) is 5.91 Å². The van der Waals surface area contributed by atoms with Gasteiger partial charge >= 0.3 is 5.97 Å². The van der Waals surface area contributed by atoms with Gasteiger partial charge in [0, 0.05) is 26.6 Å². The van der Waals surface area contributed by atoms with Crippen LogP contribution >= 0.6 is 0 Å². The van der Waals surface area contributed by atoms with Crippen LogP contribution in [-0.2, 0) is 14.3 Å². The Hall–Kier alpha value is -1.88. The number of hydrogen-bond acceptors (Lipinski definition) is 3. The van der Waals surface area contributed by atoms with Gasteiger partial charge in [-0.2, -0.15) is 0 Å². The summed E-state index contributed by atoms with van der Waals surface area (Å²) in [7, 11) is 1.74. The zero-order valence-corrected chi connectivity index (χ0v) is 13.8. The third-order valence-corrected chi connectivity index (χ3v) is 4.31. The number of rotatable bonds is 6. The topological polar surface area (TPSA) is 66.8 Å². The zero-order chi connectivity index (χ0) is 16.8. The van der Waals surface area contributed by atoms with E-state index < -0.39 is 5.97 Å². The van der Waals surface area contributed by atoms with Gasteiger partial charge in [0.25, 0.3) is 0 Å². The third-order valence-electron chi connectivity index (χ3n) is 4.31. The van der Waals surface area contributed by atoms with Crippen LogP contribution in [0.25, 0.3) is 0 Å². The molecular weight excluding hydrogens is 294 g/mol. The van der Waals surface area contributed by atoms with E-state index in [1.165, 1.54) is 5.56 Å². The molecule has 0 aliphatic carbocycles. The number of carboxylic acids is 1. The lowest BCUT2D eigenvalue weighted by molar-refractivity contribution is -0.145. The summed E-state index contributed by atoms with van der Waals surface area (Å²) in [5.41, 5.74) is 2.21. The van der Waals surface area contributed by atoms with Crippen molar-refractivity contribution in [1.29, 1.82) is 0 Å². The van der Waals surface area contributed by atoms with E-state index in [4.69, 9.17) is 9.84 Å². The van der Waals surface area contributed by atoms with Crippen molar-refractivity contribution < 1.29 is 19.4 Å². The van der Waals surface area contributed by atoms with Gasteiger partial charge in [-0.25, -0.2) is 0 Å². The van der Waals surface area contributed by atoms with Crippen LogP contribution in [0.1, 0.15) is 42.9 Å². The Morgan fingerprint density at radius 1 is 1.30 bits per heavy atom. The molecule has 1 aliphatic heterocycles. The minimum Gasteiger partial charge on any atom is -0.481 e. The number of aryl methyl sites for hydroxylation is 1. The summed E-state index contributed by atoms with van der Waals surface area (Å²) < 4.78 is 5.89. The molecule has 1 fully saturated rings. The molecule has 1 aromatic rings. The Labute approximate surface area is 137 Å². The summed E-state index contributed by atoms with van der Waals surface area (Å²) in [6, 6.07) is 8.11. The van der Waals surface area contributed by atoms with Gasteiger partial charge in [-0.3, -0.25) is 9.59 Å². The minimum atomic E-state index is -0.829. The standard InChI is InChI=1S/C18H25NO4/c1-13-7-9-14(10-8-13)17-15(5-4-12-23-17)18(22)19(2)11-3-6-16(20)21/h7-10,15,17H,3-6,11-12H2,1-2H3,(H,20,21)/t15-,17-/m0/s1. The molecule has 1 heterocycles. The molecule has 0 bridgehead atoms. The number of ether oxygens (including phenoxy) is 1. The molecular formula is C18H25NO4. The maximum Gasteiger partial charge on any atom is 0.303 e. The van der Waals surface area contributed by atoms with E-state index in [2.05, 4.69) is 0 Å². The Morgan fingerprint density at radius 2 is 2.00 bits per heavy atom. The number of amides is 1. The van der Waals surface area contributed by atoms with Gasteiger partial charge in [0.1, 0.15) is 0 Å². The first-order chi connectivity index (χ1) is 11.0. The molecule has 1 aromatic carbocycles. The van der Waals surface area contributed by atoms with E-state index in [1.54, 1.807) is 11.9 Å². The maximum absolute atomic E-state index is 12.7. The molecule has 1 aliphatic rings. The molecule has 0 aromatic heterocycles. The van der Waals surface area contributed by atoms with Crippen LogP contribution < -0.4 is 0 Å². The van der Waals surface area contributed by atoms with Crippen LogP contribution in [-0.4, -0.2) is 42.1 Å². The summed E-state index contributed by atoms with van der Waals surface area (Å²) in [4.78, 5) is 25.0. The van der Waals surface area contributed by atoms with Crippen LogP contribution in [0.5, 0.6) is 0 Å². The normalized spacial score (nSPS) is 21.0. The van der Waals surface area contributed by atoms with Gasteiger partial charge < -0.3 is 14.7 Å². The van der Waals surface area contributed by atoms with Crippen LogP contribution in [0.4, 0.5) is 0 Å². The highest BCUT2D eigenvalue weighted by Gasteiger charge is 2.34. The molecule has 1 amide bonds. The van der Waals surface area contributed by atoms with Gasteiger partial charge in [-0.1, -0.05) is 29.8 Å². The van der Waals surface area contributed by atoms with Crippen molar-refractivity contribution in [2.24, 2.45) is 5.92 Å². The number of aliphatic carboxylic acids is 1. The number of benzene rings is 1. The molecule has 0 radical (unpaired) electrons. The first-order valence-corrected chi connectivity index (χ1v) is 8.14. The fourth-order valence-electron chi connectivity index (χ4n) is 2.98. The first-order valence-electron chi connectivity index (χ1n) is 8.14. The fraction of sp³-hybridized carbons (Fsp3) is 0.556. The van der Waals surface area contributed by atoms with Crippen LogP contribution in [0, 0.1) is 12.8 Å². The summed E-state index contributed by atoms with van der Waals surface area (Å²) in [6.07, 6.45) is 2.03. The van der Waals surface area contributed by atoms with E-state index in [0.29, 0.717) is 19.6 Å². The van der Waals surface area contributed by atoms with Crippen molar-refractivity contribution in [2.75, 3.05) is 20.2 Å². The average molecular weight is 319 g/mol. The Balaban J connectivity index is 2.03. The largest absolute Gasteiger partial charge is 0.481 e. The molecule has 0 unspecified atom stereocenters. The third kappa shape index (κ3) is 4.79. The Bertz CT molecular complexity index is 540. The molecule has 0 saturated carbocycles. The summed E-state index contributed by atoms with van der Waals surface area (Å²) in [6.45, 7) is 3.16. The highest BCUT2D eigenvalue weighted by molar-refractivity contribution is 5.79. The molecule has 126 valence electrons. The van der Waals surface area contributed by atoms with Gasteiger partial charge in [-0.05, 0) is 31.7 Å². The lowest BCUT2D eigenvalue weighted by Crippen LogP contribution is -2.39.